The van der Waals surface area contributed by atoms with E-state index < -0.39 is 0 Å². The average Bonchev–Trinajstić information content (AvgIpc) is 2.69. The number of aromatic nitrogens is 1. The van der Waals surface area contributed by atoms with Gasteiger partial charge in [-0.2, -0.15) is 0 Å². The summed E-state index contributed by atoms with van der Waals surface area (Å²) in [4.78, 5) is 24.9. The second-order valence-corrected chi connectivity index (χ2v) is 5.88. The standard InChI is InChI=1S/C21H19NO2.CH3NO/c1-16-7-12-20(22-14-16)19-10-8-17(9-11-19)13-21(23)24-15-18-5-3-2-4-6-18;2-1-3/h2-12,14H,13,15H2,1H3;1H,(H2,2,3). The highest BCUT2D eigenvalue weighted by Gasteiger charge is 2.06. The van der Waals surface area contributed by atoms with Crippen LogP contribution in [0.25, 0.3) is 11.3 Å². The Kier molecular flexibility index (Phi) is 7.72. The quantitative estimate of drug-likeness (QED) is 0.557. The van der Waals surface area contributed by atoms with Crippen molar-refractivity contribution < 1.29 is 14.3 Å². The molecule has 0 aliphatic rings. The monoisotopic (exact) mass is 362 g/mol. The Morgan fingerprint density at radius 3 is 2.26 bits per heavy atom. The summed E-state index contributed by atoms with van der Waals surface area (Å²) in [6.45, 7) is 2.33. The van der Waals surface area contributed by atoms with Crippen molar-refractivity contribution in [2.45, 2.75) is 20.0 Å². The Morgan fingerprint density at radius 2 is 1.67 bits per heavy atom. The first-order valence-corrected chi connectivity index (χ1v) is 8.49. The van der Waals surface area contributed by atoms with E-state index in [1.54, 1.807) is 0 Å². The molecule has 0 spiro atoms. The van der Waals surface area contributed by atoms with E-state index in [4.69, 9.17) is 9.53 Å². The Balaban J connectivity index is 0.000000817. The van der Waals surface area contributed by atoms with Crippen LogP contribution in [0.4, 0.5) is 0 Å². The van der Waals surface area contributed by atoms with E-state index in [-0.39, 0.29) is 18.8 Å². The molecule has 5 nitrogen and oxygen atoms in total. The molecular formula is C22H22N2O3. The third kappa shape index (κ3) is 6.74. The van der Waals surface area contributed by atoms with E-state index in [0.29, 0.717) is 6.61 Å². The van der Waals surface area contributed by atoms with Gasteiger partial charge in [-0.25, -0.2) is 0 Å². The van der Waals surface area contributed by atoms with Crippen LogP contribution >= 0.6 is 0 Å². The van der Waals surface area contributed by atoms with Crippen molar-refractivity contribution in [3.05, 3.63) is 89.6 Å². The number of esters is 1. The third-order valence-electron chi connectivity index (χ3n) is 3.75. The second-order valence-electron chi connectivity index (χ2n) is 5.88. The van der Waals surface area contributed by atoms with E-state index in [2.05, 4.69) is 10.7 Å². The van der Waals surface area contributed by atoms with Crippen molar-refractivity contribution in [1.29, 1.82) is 0 Å². The molecule has 0 atom stereocenters. The van der Waals surface area contributed by atoms with Crippen LogP contribution in [-0.4, -0.2) is 17.4 Å². The number of carbonyl (C=O) groups is 2. The molecule has 0 fully saturated rings. The SMILES string of the molecule is Cc1ccc(-c2ccc(CC(=O)OCc3ccccc3)cc2)nc1.NC=O. The maximum atomic E-state index is 11.9. The number of primary amides is 1. The molecule has 3 rings (SSSR count). The summed E-state index contributed by atoms with van der Waals surface area (Å²) in [6.07, 6.45) is 2.37. The number of benzene rings is 2. The predicted molar refractivity (Wildman–Crippen MR) is 105 cm³/mol. The number of pyridine rings is 1. The van der Waals surface area contributed by atoms with Crippen LogP contribution < -0.4 is 5.73 Å². The molecule has 138 valence electrons. The average molecular weight is 362 g/mol. The fraction of sp³-hybridized carbons (Fsp3) is 0.136. The van der Waals surface area contributed by atoms with Gasteiger partial charge >= 0.3 is 5.97 Å². The molecule has 2 aromatic carbocycles. The molecule has 1 heterocycles. The van der Waals surface area contributed by atoms with Crippen molar-refractivity contribution in [2.75, 3.05) is 0 Å². The van der Waals surface area contributed by atoms with Crippen molar-refractivity contribution in [1.82, 2.24) is 4.98 Å². The lowest BCUT2D eigenvalue weighted by Crippen LogP contribution is -2.07. The number of nitrogens with zero attached hydrogens (tertiary/aromatic N) is 1. The van der Waals surface area contributed by atoms with Gasteiger partial charge in [0.25, 0.3) is 0 Å². The van der Waals surface area contributed by atoms with Gasteiger partial charge in [0, 0.05) is 11.8 Å². The topological polar surface area (TPSA) is 82.3 Å². The van der Waals surface area contributed by atoms with Crippen LogP contribution in [0.3, 0.4) is 0 Å². The molecule has 0 radical (unpaired) electrons. The molecular weight excluding hydrogens is 340 g/mol. The molecule has 3 aromatic rings. The molecule has 5 heteroatoms. The minimum Gasteiger partial charge on any atom is -0.461 e. The molecule has 0 saturated heterocycles. The number of amides is 1. The van der Waals surface area contributed by atoms with Gasteiger partial charge in [-0.05, 0) is 29.7 Å². The number of ether oxygens (including phenoxy) is 1. The summed E-state index contributed by atoms with van der Waals surface area (Å²) in [7, 11) is 0. The summed E-state index contributed by atoms with van der Waals surface area (Å²) in [5.41, 5.74) is 9.20. The molecule has 1 amide bonds. The van der Waals surface area contributed by atoms with Gasteiger partial charge in [0.05, 0.1) is 12.1 Å². The fourth-order valence-corrected chi connectivity index (χ4v) is 2.39. The molecule has 0 aliphatic carbocycles. The molecule has 0 unspecified atom stereocenters. The van der Waals surface area contributed by atoms with Gasteiger partial charge in [0.2, 0.25) is 6.41 Å². The van der Waals surface area contributed by atoms with Gasteiger partial charge in [-0.3, -0.25) is 14.6 Å². The highest BCUT2D eigenvalue weighted by molar-refractivity contribution is 5.73. The molecule has 0 aliphatic heterocycles. The zero-order valence-corrected chi connectivity index (χ0v) is 15.2. The molecule has 27 heavy (non-hydrogen) atoms. The smallest absolute Gasteiger partial charge is 0.310 e. The minimum absolute atomic E-state index is 0.222. The van der Waals surface area contributed by atoms with Gasteiger partial charge in [-0.1, -0.05) is 60.7 Å². The van der Waals surface area contributed by atoms with Crippen LogP contribution in [0.15, 0.2) is 72.9 Å². The van der Waals surface area contributed by atoms with Crippen LogP contribution in [-0.2, 0) is 27.4 Å². The van der Waals surface area contributed by atoms with Crippen LogP contribution in [0.1, 0.15) is 16.7 Å². The summed E-state index contributed by atoms with van der Waals surface area (Å²) >= 11 is 0. The zero-order valence-electron chi connectivity index (χ0n) is 15.2. The molecule has 2 N–H and O–H groups in total. The lowest BCUT2D eigenvalue weighted by atomic mass is 10.1. The summed E-state index contributed by atoms with van der Waals surface area (Å²) < 4.78 is 5.31. The Labute approximate surface area is 158 Å². The number of rotatable bonds is 5. The first-order chi connectivity index (χ1) is 13.1. The van der Waals surface area contributed by atoms with E-state index in [1.807, 2.05) is 79.9 Å². The lowest BCUT2D eigenvalue weighted by molar-refractivity contribution is -0.144. The molecule has 1 aromatic heterocycles. The number of hydrogen-bond acceptors (Lipinski definition) is 4. The maximum absolute atomic E-state index is 11.9. The Hall–Kier alpha value is -3.47. The van der Waals surface area contributed by atoms with Crippen molar-refractivity contribution in [3.8, 4) is 11.3 Å². The van der Waals surface area contributed by atoms with Crippen LogP contribution in [0.5, 0.6) is 0 Å². The van der Waals surface area contributed by atoms with Crippen molar-refractivity contribution >= 4 is 12.4 Å². The number of aryl methyl sites for hydroxylation is 1. The summed E-state index contributed by atoms with van der Waals surface area (Å²) in [5, 5.41) is 0. The fourth-order valence-electron chi connectivity index (χ4n) is 2.39. The van der Waals surface area contributed by atoms with E-state index in [1.165, 1.54) is 0 Å². The van der Waals surface area contributed by atoms with Crippen LogP contribution in [0, 0.1) is 6.92 Å². The highest BCUT2D eigenvalue weighted by atomic mass is 16.5. The van der Waals surface area contributed by atoms with Gasteiger partial charge < -0.3 is 10.5 Å². The van der Waals surface area contributed by atoms with E-state index >= 15 is 0 Å². The van der Waals surface area contributed by atoms with E-state index in [0.717, 1.165) is 27.9 Å². The number of hydrogen-bond donors (Lipinski definition) is 1. The van der Waals surface area contributed by atoms with Gasteiger partial charge in [0.1, 0.15) is 6.61 Å². The van der Waals surface area contributed by atoms with Gasteiger partial charge in [-0.15, -0.1) is 0 Å². The Morgan fingerprint density at radius 1 is 1.00 bits per heavy atom. The zero-order chi connectivity index (χ0) is 19.5. The van der Waals surface area contributed by atoms with Crippen LogP contribution in [0.2, 0.25) is 0 Å². The lowest BCUT2D eigenvalue weighted by Gasteiger charge is -2.06. The van der Waals surface area contributed by atoms with Crippen molar-refractivity contribution in [3.63, 3.8) is 0 Å². The first-order valence-electron chi connectivity index (χ1n) is 8.49. The van der Waals surface area contributed by atoms with Crippen molar-refractivity contribution in [2.24, 2.45) is 5.73 Å². The van der Waals surface area contributed by atoms with E-state index in [9.17, 15) is 4.79 Å². The predicted octanol–water partition coefficient (Wildman–Crippen LogP) is 3.44. The highest BCUT2D eigenvalue weighted by Crippen LogP contribution is 2.18. The first kappa shape index (κ1) is 19.8. The molecule has 0 bridgehead atoms. The van der Waals surface area contributed by atoms with Gasteiger partial charge in [0.15, 0.2) is 0 Å². The number of carbonyl (C=O) groups excluding carboxylic acids is 2. The normalized spacial score (nSPS) is 9.67. The molecule has 0 saturated carbocycles. The minimum atomic E-state index is -0.222. The second kappa shape index (κ2) is 10.5. The summed E-state index contributed by atoms with van der Waals surface area (Å²) in [6, 6.07) is 21.6. The Bertz CT molecular complexity index is 845. The number of nitrogens with two attached hydrogens (primary N) is 1. The largest absolute Gasteiger partial charge is 0.461 e. The third-order valence-corrected chi connectivity index (χ3v) is 3.75. The maximum Gasteiger partial charge on any atom is 0.310 e. The summed E-state index contributed by atoms with van der Waals surface area (Å²) in [5.74, 6) is -0.222.